The Kier molecular flexibility index (Phi) is 8.54. The molecule has 0 bridgehead atoms. The number of fused-ring (bicyclic) bond motifs is 1. The first kappa shape index (κ1) is 29.7. The van der Waals surface area contributed by atoms with Crippen LogP contribution in [0.3, 0.4) is 0 Å². The molecule has 3 saturated heterocycles. The molecule has 9 heteroatoms. The van der Waals surface area contributed by atoms with Crippen LogP contribution in [-0.2, 0) is 0 Å². The number of anilines is 3. The molecule has 0 unspecified atom stereocenters. The van der Waals surface area contributed by atoms with Crippen molar-refractivity contribution >= 4 is 28.2 Å². The van der Waals surface area contributed by atoms with E-state index in [4.69, 9.17) is 9.72 Å². The molecule has 8 rings (SSSR count). The lowest BCUT2D eigenvalue weighted by atomic mass is 9.95. The maximum absolute atomic E-state index is 5.87. The van der Waals surface area contributed by atoms with E-state index in [1.165, 1.54) is 87.8 Å². The molecule has 0 radical (unpaired) electrons. The Hall–Kier alpha value is -3.66. The van der Waals surface area contributed by atoms with Gasteiger partial charge in [-0.05, 0) is 94.9 Å². The average Bonchev–Trinajstić information content (AvgIpc) is 3.89. The van der Waals surface area contributed by atoms with Gasteiger partial charge in [0.25, 0.3) is 0 Å². The van der Waals surface area contributed by atoms with Gasteiger partial charge in [0.05, 0.1) is 18.5 Å². The molecule has 0 amide bonds. The molecule has 2 aromatic carbocycles. The van der Waals surface area contributed by atoms with E-state index in [9.17, 15) is 0 Å². The molecule has 1 saturated carbocycles. The second-order valence-corrected chi connectivity index (χ2v) is 13.7. The number of hydrogen-bond acceptors (Lipinski definition) is 8. The van der Waals surface area contributed by atoms with E-state index in [2.05, 4.69) is 83.5 Å². The molecule has 4 fully saturated rings. The van der Waals surface area contributed by atoms with E-state index in [-0.39, 0.29) is 0 Å². The summed E-state index contributed by atoms with van der Waals surface area (Å²) in [4.78, 5) is 17.5. The molecular formula is C37H48N8O. The Morgan fingerprint density at radius 3 is 2.46 bits per heavy atom. The molecule has 2 N–H and O–H groups in total. The van der Waals surface area contributed by atoms with Crippen molar-refractivity contribution in [1.29, 1.82) is 0 Å². The predicted molar refractivity (Wildman–Crippen MR) is 186 cm³/mol. The monoisotopic (exact) mass is 620 g/mol. The summed E-state index contributed by atoms with van der Waals surface area (Å²) < 4.78 is 8.29. The van der Waals surface area contributed by atoms with Gasteiger partial charge in [0, 0.05) is 85.4 Å². The van der Waals surface area contributed by atoms with Crippen molar-refractivity contribution in [2.24, 2.45) is 5.92 Å². The van der Waals surface area contributed by atoms with Crippen molar-refractivity contribution in [1.82, 2.24) is 29.7 Å². The van der Waals surface area contributed by atoms with Crippen molar-refractivity contribution in [3.63, 3.8) is 0 Å². The van der Waals surface area contributed by atoms with Gasteiger partial charge in [0.2, 0.25) is 5.95 Å². The fraction of sp³-hybridized carbons (Fsp3) is 0.514. The van der Waals surface area contributed by atoms with Crippen LogP contribution in [-0.4, -0.2) is 96.4 Å². The maximum atomic E-state index is 5.87. The molecule has 242 valence electrons. The quantitative estimate of drug-likeness (QED) is 0.244. The van der Waals surface area contributed by atoms with Gasteiger partial charge in [0.1, 0.15) is 5.75 Å². The lowest BCUT2D eigenvalue weighted by Crippen LogP contribution is -2.53. The molecule has 2 aromatic heterocycles. The number of hydrogen-bond donors (Lipinski definition) is 2. The highest BCUT2D eigenvalue weighted by Crippen LogP contribution is 2.41. The zero-order chi connectivity index (χ0) is 30.9. The summed E-state index contributed by atoms with van der Waals surface area (Å²) in [5, 5.41) is 8.19. The standard InChI is InChI=1S/C37H48N8O/c1-46-36-24-30(44-22-20-43(21-23-44)28-13-18-42(19-14-28)25-27-10-15-38-16-11-27)8-9-34(36)41-37-39-17-12-33(40-37)32-26-45(29-6-7-29)35-5-3-2-4-31(32)35/h2-5,8-9,12,17,24,26-29,38H,6-7,10-11,13-16,18-23,25H2,1H3,(H,39,40,41). The summed E-state index contributed by atoms with van der Waals surface area (Å²) in [5.74, 6) is 2.27. The second-order valence-electron chi connectivity index (χ2n) is 13.7. The molecule has 5 heterocycles. The molecule has 4 aromatic rings. The number of ether oxygens (including phenoxy) is 1. The van der Waals surface area contributed by atoms with E-state index in [0.717, 1.165) is 60.8 Å². The summed E-state index contributed by atoms with van der Waals surface area (Å²) >= 11 is 0. The van der Waals surface area contributed by atoms with Crippen LogP contribution in [0.2, 0.25) is 0 Å². The second kappa shape index (κ2) is 13.2. The smallest absolute Gasteiger partial charge is 0.227 e. The van der Waals surface area contributed by atoms with Crippen molar-refractivity contribution in [3.05, 3.63) is 60.9 Å². The number of piperidine rings is 2. The van der Waals surface area contributed by atoms with E-state index in [0.29, 0.717) is 12.0 Å². The Morgan fingerprint density at radius 1 is 0.870 bits per heavy atom. The highest BCUT2D eigenvalue weighted by atomic mass is 16.5. The molecule has 46 heavy (non-hydrogen) atoms. The average molecular weight is 621 g/mol. The molecule has 0 spiro atoms. The van der Waals surface area contributed by atoms with Crippen LogP contribution in [0.25, 0.3) is 22.2 Å². The van der Waals surface area contributed by atoms with E-state index in [1.807, 2.05) is 12.3 Å². The number of benzene rings is 2. The van der Waals surface area contributed by atoms with Gasteiger partial charge in [-0.2, -0.15) is 0 Å². The summed E-state index contributed by atoms with van der Waals surface area (Å²) in [6.07, 6.45) is 11.9. The SMILES string of the molecule is COc1cc(N2CCN(C3CCN(CC4CCNCC4)CC3)CC2)ccc1Nc1nccc(-c2cn(C3CC3)c3ccccc23)n1. The Balaban J connectivity index is 0.891. The Bertz CT molecular complexity index is 1630. The molecule has 1 aliphatic carbocycles. The lowest BCUT2D eigenvalue weighted by Gasteiger charge is -2.44. The maximum Gasteiger partial charge on any atom is 0.227 e. The lowest BCUT2D eigenvalue weighted by molar-refractivity contribution is 0.0909. The third-order valence-corrected chi connectivity index (χ3v) is 10.8. The zero-order valence-corrected chi connectivity index (χ0v) is 27.2. The minimum atomic E-state index is 0.571. The fourth-order valence-corrected chi connectivity index (χ4v) is 7.97. The Morgan fingerprint density at radius 2 is 1.67 bits per heavy atom. The van der Waals surface area contributed by atoms with Gasteiger partial charge in [-0.25, -0.2) is 9.97 Å². The molecule has 4 aliphatic rings. The van der Waals surface area contributed by atoms with Gasteiger partial charge in [-0.3, -0.25) is 4.90 Å². The summed E-state index contributed by atoms with van der Waals surface area (Å²) in [6.45, 7) is 10.6. The van der Waals surface area contributed by atoms with Crippen molar-refractivity contribution in [2.45, 2.75) is 50.6 Å². The molecule has 9 nitrogen and oxygen atoms in total. The fourth-order valence-electron chi connectivity index (χ4n) is 7.97. The van der Waals surface area contributed by atoms with Crippen molar-refractivity contribution in [3.8, 4) is 17.0 Å². The molecular weight excluding hydrogens is 572 g/mol. The van der Waals surface area contributed by atoms with Gasteiger partial charge < -0.3 is 29.7 Å². The molecule has 3 aliphatic heterocycles. The highest BCUT2D eigenvalue weighted by molar-refractivity contribution is 5.95. The largest absolute Gasteiger partial charge is 0.494 e. The number of nitrogens with one attached hydrogen (secondary N) is 2. The summed E-state index contributed by atoms with van der Waals surface area (Å²) in [7, 11) is 1.74. The van der Waals surface area contributed by atoms with Crippen LogP contribution in [0.4, 0.5) is 17.3 Å². The first-order valence-corrected chi connectivity index (χ1v) is 17.5. The predicted octanol–water partition coefficient (Wildman–Crippen LogP) is 5.77. The van der Waals surface area contributed by atoms with Crippen LogP contribution in [0, 0.1) is 5.92 Å². The molecule has 0 atom stereocenters. The van der Waals surface area contributed by atoms with E-state index < -0.39 is 0 Å². The van der Waals surface area contributed by atoms with Crippen LogP contribution in [0.1, 0.15) is 44.6 Å². The van der Waals surface area contributed by atoms with Gasteiger partial charge in [0.15, 0.2) is 0 Å². The number of rotatable bonds is 9. The normalized spacial score (nSPS) is 20.8. The van der Waals surface area contributed by atoms with E-state index in [1.54, 1.807) is 7.11 Å². The van der Waals surface area contributed by atoms with Crippen LogP contribution < -0.4 is 20.3 Å². The van der Waals surface area contributed by atoms with Crippen LogP contribution in [0.15, 0.2) is 60.9 Å². The van der Waals surface area contributed by atoms with Gasteiger partial charge in [-0.1, -0.05) is 18.2 Å². The van der Waals surface area contributed by atoms with Crippen molar-refractivity contribution < 1.29 is 4.74 Å². The Labute approximate surface area is 272 Å². The van der Waals surface area contributed by atoms with Gasteiger partial charge >= 0.3 is 0 Å². The number of likely N-dealkylation sites (tertiary alicyclic amines) is 1. The van der Waals surface area contributed by atoms with Crippen LogP contribution in [0.5, 0.6) is 5.75 Å². The van der Waals surface area contributed by atoms with Gasteiger partial charge in [-0.15, -0.1) is 0 Å². The number of aromatic nitrogens is 3. The third kappa shape index (κ3) is 6.33. The first-order chi connectivity index (χ1) is 22.7. The topological polar surface area (TPSA) is 73.7 Å². The third-order valence-electron chi connectivity index (χ3n) is 10.8. The van der Waals surface area contributed by atoms with Crippen LogP contribution >= 0.6 is 0 Å². The van der Waals surface area contributed by atoms with E-state index >= 15 is 0 Å². The number of nitrogens with zero attached hydrogens (tertiary/aromatic N) is 6. The minimum absolute atomic E-state index is 0.571. The number of piperazine rings is 1. The summed E-state index contributed by atoms with van der Waals surface area (Å²) in [6, 6.07) is 18.4. The number of methoxy groups -OCH3 is 1. The first-order valence-electron chi connectivity index (χ1n) is 17.5. The number of para-hydroxylation sites is 1. The summed E-state index contributed by atoms with van der Waals surface area (Å²) in [5.41, 5.74) is 5.44. The zero-order valence-electron chi connectivity index (χ0n) is 27.2. The minimum Gasteiger partial charge on any atom is -0.494 e. The highest BCUT2D eigenvalue weighted by Gasteiger charge is 2.29. The van der Waals surface area contributed by atoms with Crippen molar-refractivity contribution in [2.75, 3.05) is 76.2 Å².